The summed E-state index contributed by atoms with van der Waals surface area (Å²) in [5.74, 6) is 1.76. The Kier molecular flexibility index (Phi) is 5.46. The van der Waals surface area contributed by atoms with E-state index in [-0.39, 0.29) is 0 Å². The third kappa shape index (κ3) is 4.23. The van der Waals surface area contributed by atoms with Crippen molar-refractivity contribution in [2.75, 3.05) is 26.0 Å². The average molecular weight is 278 g/mol. The van der Waals surface area contributed by atoms with Crippen molar-refractivity contribution in [3.05, 3.63) is 12.4 Å². The second-order valence-electron chi connectivity index (χ2n) is 6.83. The molecule has 1 aromatic rings. The van der Waals surface area contributed by atoms with Gasteiger partial charge in [-0.05, 0) is 39.3 Å². The quantitative estimate of drug-likeness (QED) is 0.830. The largest absolute Gasteiger partial charge is 0.352 e. The predicted molar refractivity (Wildman–Crippen MR) is 85.2 cm³/mol. The van der Waals surface area contributed by atoms with Gasteiger partial charge in [-0.25, -0.2) is 4.98 Å². The van der Waals surface area contributed by atoms with Crippen LogP contribution in [0.25, 0.3) is 0 Å². The summed E-state index contributed by atoms with van der Waals surface area (Å²) in [4.78, 5) is 6.80. The molecule has 1 aliphatic rings. The summed E-state index contributed by atoms with van der Waals surface area (Å²) in [5, 5.41) is 3.68. The summed E-state index contributed by atoms with van der Waals surface area (Å²) in [6.07, 6.45) is 10.6. The predicted octanol–water partition coefficient (Wildman–Crippen LogP) is 3.39. The Morgan fingerprint density at radius 1 is 1.35 bits per heavy atom. The summed E-state index contributed by atoms with van der Waals surface area (Å²) < 4.78 is 2.36. The summed E-state index contributed by atoms with van der Waals surface area (Å²) >= 11 is 0. The Hall–Kier alpha value is -1.03. The Bertz CT molecular complexity index is 381. The van der Waals surface area contributed by atoms with E-state index in [0.29, 0.717) is 18.0 Å². The molecule has 1 aromatic heterocycles. The van der Waals surface area contributed by atoms with Crippen LogP contribution in [0, 0.1) is 5.92 Å². The van der Waals surface area contributed by atoms with E-state index in [1.807, 2.05) is 6.20 Å². The van der Waals surface area contributed by atoms with E-state index >= 15 is 0 Å². The minimum Gasteiger partial charge on any atom is -0.352 e. The highest BCUT2D eigenvalue weighted by atomic mass is 15.2. The van der Waals surface area contributed by atoms with Crippen LogP contribution in [0.4, 0.5) is 5.95 Å². The fourth-order valence-corrected chi connectivity index (χ4v) is 3.27. The second kappa shape index (κ2) is 7.11. The number of hydrogen-bond acceptors (Lipinski definition) is 3. The lowest BCUT2D eigenvalue weighted by atomic mass is 10.0. The number of imidazole rings is 1. The first-order valence-electron chi connectivity index (χ1n) is 8.00. The Labute approximate surface area is 123 Å². The van der Waals surface area contributed by atoms with Crippen LogP contribution < -0.4 is 5.32 Å². The number of nitrogens with zero attached hydrogens (tertiary/aromatic N) is 3. The topological polar surface area (TPSA) is 33.1 Å². The third-order valence-corrected chi connectivity index (χ3v) is 4.06. The number of aromatic nitrogens is 2. The summed E-state index contributed by atoms with van der Waals surface area (Å²) in [5.41, 5.74) is 0. The van der Waals surface area contributed by atoms with Crippen molar-refractivity contribution in [2.24, 2.45) is 5.92 Å². The van der Waals surface area contributed by atoms with Crippen molar-refractivity contribution >= 4 is 5.95 Å². The number of rotatable bonds is 7. The Morgan fingerprint density at radius 2 is 2.05 bits per heavy atom. The van der Waals surface area contributed by atoms with Gasteiger partial charge in [0.2, 0.25) is 5.95 Å². The second-order valence-corrected chi connectivity index (χ2v) is 6.83. The highest BCUT2D eigenvalue weighted by molar-refractivity contribution is 5.29. The first kappa shape index (κ1) is 15.4. The third-order valence-electron chi connectivity index (χ3n) is 4.06. The van der Waals surface area contributed by atoms with Crippen molar-refractivity contribution in [2.45, 2.75) is 58.0 Å². The van der Waals surface area contributed by atoms with Gasteiger partial charge in [0.05, 0.1) is 0 Å². The molecule has 1 heterocycles. The van der Waals surface area contributed by atoms with E-state index in [2.05, 4.69) is 53.9 Å². The molecular weight excluding hydrogens is 248 g/mol. The van der Waals surface area contributed by atoms with Gasteiger partial charge in [-0.1, -0.05) is 26.7 Å². The molecule has 20 heavy (non-hydrogen) atoms. The van der Waals surface area contributed by atoms with Gasteiger partial charge in [-0.3, -0.25) is 0 Å². The number of anilines is 1. The molecule has 1 unspecified atom stereocenters. The van der Waals surface area contributed by atoms with Crippen molar-refractivity contribution in [1.29, 1.82) is 0 Å². The van der Waals surface area contributed by atoms with Crippen LogP contribution in [0.15, 0.2) is 12.4 Å². The first-order chi connectivity index (χ1) is 9.56. The highest BCUT2D eigenvalue weighted by Crippen LogP contribution is 2.31. The van der Waals surface area contributed by atoms with E-state index in [9.17, 15) is 0 Å². The molecule has 0 amide bonds. The van der Waals surface area contributed by atoms with Crippen LogP contribution in [0.5, 0.6) is 0 Å². The Balaban J connectivity index is 2.03. The molecule has 0 aromatic carbocycles. The Morgan fingerprint density at radius 3 is 2.65 bits per heavy atom. The van der Waals surface area contributed by atoms with Gasteiger partial charge in [0.15, 0.2) is 0 Å². The van der Waals surface area contributed by atoms with Crippen molar-refractivity contribution in [3.8, 4) is 0 Å². The molecular formula is C16H30N4. The lowest BCUT2D eigenvalue weighted by molar-refractivity contribution is 0.354. The fraction of sp³-hybridized carbons (Fsp3) is 0.812. The minimum absolute atomic E-state index is 0.465. The smallest absolute Gasteiger partial charge is 0.203 e. The average Bonchev–Trinajstić information content (AvgIpc) is 2.95. The standard InChI is InChI=1S/C16H30N4/c1-13(2)11-14(12-19(3)4)18-16-17-9-10-20(16)15-7-5-6-8-15/h9-10,13-15H,5-8,11-12H2,1-4H3,(H,17,18). The van der Waals surface area contributed by atoms with E-state index in [1.165, 1.54) is 32.1 Å². The van der Waals surface area contributed by atoms with Crippen LogP contribution >= 0.6 is 0 Å². The molecule has 1 N–H and O–H groups in total. The molecule has 0 aliphatic heterocycles. The molecule has 1 atom stereocenters. The molecule has 0 radical (unpaired) electrons. The summed E-state index contributed by atoms with van der Waals surface area (Å²) in [6, 6.07) is 1.12. The van der Waals surface area contributed by atoms with Crippen LogP contribution in [0.2, 0.25) is 0 Å². The zero-order valence-corrected chi connectivity index (χ0v) is 13.5. The molecule has 0 saturated heterocycles. The van der Waals surface area contributed by atoms with Crippen molar-refractivity contribution in [1.82, 2.24) is 14.5 Å². The molecule has 2 rings (SSSR count). The molecule has 1 saturated carbocycles. The fourth-order valence-electron chi connectivity index (χ4n) is 3.27. The van der Waals surface area contributed by atoms with E-state index in [1.54, 1.807) is 0 Å². The zero-order chi connectivity index (χ0) is 14.5. The maximum absolute atomic E-state index is 4.55. The van der Waals surface area contributed by atoms with Crippen LogP contribution in [0.1, 0.15) is 52.0 Å². The van der Waals surface area contributed by atoms with Gasteiger partial charge in [-0.15, -0.1) is 0 Å². The molecule has 0 bridgehead atoms. The molecule has 4 heteroatoms. The first-order valence-corrected chi connectivity index (χ1v) is 8.00. The van der Waals surface area contributed by atoms with Crippen molar-refractivity contribution in [3.63, 3.8) is 0 Å². The van der Waals surface area contributed by atoms with Gasteiger partial charge < -0.3 is 14.8 Å². The van der Waals surface area contributed by atoms with Gasteiger partial charge in [0, 0.05) is 31.0 Å². The van der Waals surface area contributed by atoms with Gasteiger partial charge >= 0.3 is 0 Å². The summed E-state index contributed by atoms with van der Waals surface area (Å²) in [7, 11) is 4.27. The van der Waals surface area contributed by atoms with Crippen LogP contribution in [-0.4, -0.2) is 41.1 Å². The normalized spacial score (nSPS) is 18.1. The maximum atomic E-state index is 4.55. The zero-order valence-electron chi connectivity index (χ0n) is 13.5. The lowest BCUT2D eigenvalue weighted by Gasteiger charge is -2.26. The van der Waals surface area contributed by atoms with Gasteiger partial charge in [0.25, 0.3) is 0 Å². The van der Waals surface area contributed by atoms with E-state index < -0.39 is 0 Å². The molecule has 1 fully saturated rings. The molecule has 4 nitrogen and oxygen atoms in total. The monoisotopic (exact) mass is 278 g/mol. The molecule has 1 aliphatic carbocycles. The highest BCUT2D eigenvalue weighted by Gasteiger charge is 2.21. The van der Waals surface area contributed by atoms with E-state index in [0.717, 1.165) is 12.5 Å². The van der Waals surface area contributed by atoms with Crippen molar-refractivity contribution < 1.29 is 0 Å². The van der Waals surface area contributed by atoms with Gasteiger partial charge in [-0.2, -0.15) is 0 Å². The summed E-state index contributed by atoms with van der Waals surface area (Å²) in [6.45, 7) is 5.62. The van der Waals surface area contributed by atoms with Crippen LogP contribution in [-0.2, 0) is 0 Å². The van der Waals surface area contributed by atoms with E-state index in [4.69, 9.17) is 0 Å². The van der Waals surface area contributed by atoms with Gasteiger partial charge in [0.1, 0.15) is 0 Å². The lowest BCUT2D eigenvalue weighted by Crippen LogP contribution is -2.34. The molecule has 0 spiro atoms. The number of likely N-dealkylation sites (N-methyl/N-ethyl adjacent to an activating group) is 1. The maximum Gasteiger partial charge on any atom is 0.203 e. The number of nitrogens with one attached hydrogen (secondary N) is 1. The van der Waals surface area contributed by atoms with Crippen LogP contribution in [0.3, 0.4) is 0 Å². The number of hydrogen-bond donors (Lipinski definition) is 1. The SMILES string of the molecule is CC(C)CC(CN(C)C)Nc1nccn1C1CCCC1. The minimum atomic E-state index is 0.465. The molecule has 114 valence electrons.